The Hall–Kier alpha value is -5.14. The van der Waals surface area contributed by atoms with Crippen LogP contribution in [0.1, 0.15) is 129 Å². The van der Waals surface area contributed by atoms with Gasteiger partial charge in [-0.25, -0.2) is 4.98 Å². The maximum atomic E-state index is 5.51. The number of allylic oxidation sites excluding steroid dienone is 3. The van der Waals surface area contributed by atoms with Crippen LogP contribution in [-0.2, 0) is 11.2 Å². The molecule has 0 radical (unpaired) electrons. The predicted molar refractivity (Wildman–Crippen MR) is 272 cm³/mol. The maximum absolute atomic E-state index is 5.51. The molecule has 3 aromatic rings. The SMILES string of the molecule is C#COCC(C)(C)C/C(C)=C(\c1cccnc1C(C)CC)N(CC)c1ccc(-c2csc(CC(NC(=C)C(C(C)C)N(C)C(=C)N3CCCCC3)C(=C)N3CCCC=C(C)N3)n2)cc1. The molecule has 1 fully saturated rings. The van der Waals surface area contributed by atoms with Gasteiger partial charge in [-0.3, -0.25) is 9.99 Å². The zero-order valence-electron chi connectivity index (χ0n) is 40.9. The fourth-order valence-electron chi connectivity index (χ4n) is 9.36. The number of hydrazine groups is 1. The number of terminal acetylenes is 1. The number of likely N-dealkylation sites (tertiary alicyclic amines) is 1. The van der Waals surface area contributed by atoms with E-state index >= 15 is 0 Å². The van der Waals surface area contributed by atoms with Crippen molar-refractivity contribution in [3.05, 3.63) is 119 Å². The molecule has 5 rings (SSSR count). The van der Waals surface area contributed by atoms with Gasteiger partial charge >= 0.3 is 0 Å². The van der Waals surface area contributed by atoms with Crippen molar-refractivity contribution >= 4 is 22.7 Å². The molecule has 1 saturated heterocycles. The van der Waals surface area contributed by atoms with Crippen molar-refractivity contribution in [1.29, 1.82) is 0 Å². The lowest BCUT2D eigenvalue weighted by Gasteiger charge is -2.42. The lowest BCUT2D eigenvalue weighted by atomic mass is 9.84. The third-order valence-corrected chi connectivity index (χ3v) is 13.7. The van der Waals surface area contributed by atoms with E-state index in [1.54, 1.807) is 11.3 Å². The second-order valence-electron chi connectivity index (χ2n) is 19.0. The van der Waals surface area contributed by atoms with Gasteiger partial charge in [0.2, 0.25) is 0 Å². The molecule has 9 nitrogen and oxygen atoms in total. The van der Waals surface area contributed by atoms with E-state index < -0.39 is 0 Å². The Morgan fingerprint density at radius 3 is 2.42 bits per heavy atom. The van der Waals surface area contributed by atoms with Crippen LogP contribution in [0.3, 0.4) is 0 Å². The number of nitrogens with zero attached hydrogens (tertiary/aromatic N) is 6. The van der Waals surface area contributed by atoms with Crippen molar-refractivity contribution in [3.8, 4) is 23.8 Å². The molecule has 2 aliphatic heterocycles. The Balaban J connectivity index is 1.43. The highest BCUT2D eigenvalue weighted by Crippen LogP contribution is 2.38. The Morgan fingerprint density at radius 2 is 1.77 bits per heavy atom. The Kier molecular flexibility index (Phi) is 18.1. The van der Waals surface area contributed by atoms with Crippen molar-refractivity contribution in [1.82, 2.24) is 35.5 Å². The Morgan fingerprint density at radius 1 is 1.05 bits per heavy atom. The number of piperidine rings is 1. The third-order valence-electron chi connectivity index (χ3n) is 12.8. The van der Waals surface area contributed by atoms with E-state index in [0.717, 1.165) is 102 Å². The lowest BCUT2D eigenvalue weighted by Crippen LogP contribution is -2.50. The van der Waals surface area contributed by atoms with Gasteiger partial charge in [-0.1, -0.05) is 85.9 Å². The minimum atomic E-state index is -0.159. The Bertz CT molecular complexity index is 2140. The number of thiazole rings is 1. The summed E-state index contributed by atoms with van der Waals surface area (Å²) in [7, 11) is 2.17. The summed E-state index contributed by atoms with van der Waals surface area (Å²) in [5.41, 5.74) is 14.5. The number of anilines is 1. The summed E-state index contributed by atoms with van der Waals surface area (Å²) in [6.07, 6.45) is 20.3. The maximum Gasteiger partial charge on any atom is 0.106 e. The molecule has 3 atom stereocenters. The summed E-state index contributed by atoms with van der Waals surface area (Å²) in [4.78, 5) is 17.4. The number of ether oxygens (including phenoxy) is 1. The van der Waals surface area contributed by atoms with Crippen LogP contribution in [0.4, 0.5) is 5.69 Å². The topological polar surface area (TPSA) is 72.0 Å². The monoisotopic (exact) mass is 887 g/mol. The van der Waals surface area contributed by atoms with E-state index in [-0.39, 0.29) is 17.5 Å². The fraction of sp³-hybridized carbons (Fsp3) is 0.519. The average molecular weight is 887 g/mol. The van der Waals surface area contributed by atoms with Gasteiger partial charge in [0.05, 0.1) is 40.0 Å². The molecule has 1 aromatic carbocycles. The van der Waals surface area contributed by atoms with Crippen LogP contribution in [0.2, 0.25) is 0 Å². The molecule has 4 heterocycles. The second kappa shape index (κ2) is 23.2. The van der Waals surface area contributed by atoms with Crippen molar-refractivity contribution in [3.63, 3.8) is 0 Å². The van der Waals surface area contributed by atoms with E-state index in [1.807, 2.05) is 6.20 Å². The van der Waals surface area contributed by atoms with Gasteiger partial charge in [-0.15, -0.1) is 11.3 Å². The molecule has 10 heteroatoms. The zero-order chi connectivity index (χ0) is 46.6. The molecule has 2 aromatic heterocycles. The number of likely N-dealkylation sites (N-methyl/N-ethyl adjacent to an activating group) is 1. The van der Waals surface area contributed by atoms with E-state index in [9.17, 15) is 0 Å². The van der Waals surface area contributed by atoms with Gasteiger partial charge in [-0.2, -0.15) is 0 Å². The summed E-state index contributed by atoms with van der Waals surface area (Å²) >= 11 is 1.70. The lowest BCUT2D eigenvalue weighted by molar-refractivity contribution is 0.154. The summed E-state index contributed by atoms with van der Waals surface area (Å²) in [6.45, 7) is 38.2. The first kappa shape index (κ1) is 49.9. The number of benzene rings is 1. The standard InChI is InChI=1S/C54H78N8OS/c1-15-39(6)51-47(25-23-30-55-51)53(40(7)35-54(12,13)37-63-17-3)61(16-2)46-28-26-45(27-29-46)49-36-64-50(57-49)34-48(43(10)62-33-22-19-24-41(8)58-62)56-42(9)52(38(4)5)59(14)44(11)60-31-20-18-21-32-60/h3,23-30,36,38-39,48,52,56,58H,9-11,15-16,18-22,31-35,37H2,1-2,4-8,12-14H3/b53-40+. The minimum absolute atomic E-state index is 0.0458. The molecule has 3 unspecified atom stereocenters. The molecular formula is C54H78N8OS. The number of aromatic nitrogens is 2. The number of hydrogen-bond donors (Lipinski definition) is 2. The minimum Gasteiger partial charge on any atom is -0.446 e. The third kappa shape index (κ3) is 12.8. The summed E-state index contributed by atoms with van der Waals surface area (Å²) < 4.78 is 5.48. The molecule has 64 heavy (non-hydrogen) atoms. The highest BCUT2D eigenvalue weighted by Gasteiger charge is 2.30. The summed E-state index contributed by atoms with van der Waals surface area (Å²) in [5, 5.41) is 9.35. The van der Waals surface area contributed by atoms with Crippen LogP contribution < -0.4 is 15.6 Å². The number of pyridine rings is 1. The van der Waals surface area contributed by atoms with Gasteiger partial charge in [0.1, 0.15) is 12.7 Å². The largest absolute Gasteiger partial charge is 0.446 e. The first-order valence-corrected chi connectivity index (χ1v) is 24.5. The molecule has 2 aliphatic rings. The predicted octanol–water partition coefficient (Wildman–Crippen LogP) is 11.9. The van der Waals surface area contributed by atoms with E-state index in [4.69, 9.17) is 34.3 Å². The molecule has 0 bridgehead atoms. The molecular weight excluding hydrogens is 809 g/mol. The first-order chi connectivity index (χ1) is 30.6. The normalized spacial score (nSPS) is 16.3. The molecule has 0 saturated carbocycles. The molecule has 2 N–H and O–H groups in total. The van der Waals surface area contributed by atoms with Gasteiger partial charge < -0.3 is 30.2 Å². The van der Waals surface area contributed by atoms with Gasteiger partial charge in [0.25, 0.3) is 0 Å². The Labute approximate surface area is 391 Å². The van der Waals surface area contributed by atoms with Crippen LogP contribution >= 0.6 is 11.3 Å². The summed E-state index contributed by atoms with van der Waals surface area (Å²) in [5.74, 6) is 1.68. The number of nitrogens with one attached hydrogen (secondary N) is 2. The average Bonchev–Trinajstić information content (AvgIpc) is 3.64. The number of rotatable bonds is 22. The van der Waals surface area contributed by atoms with Crippen molar-refractivity contribution in [2.45, 2.75) is 132 Å². The van der Waals surface area contributed by atoms with Gasteiger partial charge in [0.15, 0.2) is 0 Å². The van der Waals surface area contributed by atoms with E-state index in [1.165, 1.54) is 36.1 Å². The van der Waals surface area contributed by atoms with E-state index in [2.05, 4.69) is 160 Å². The van der Waals surface area contributed by atoms with Crippen LogP contribution in [0, 0.1) is 23.9 Å². The number of hydrogen-bond acceptors (Lipinski definition) is 10. The van der Waals surface area contributed by atoms with Gasteiger partial charge in [0, 0.05) is 90.5 Å². The molecule has 346 valence electrons. The van der Waals surface area contributed by atoms with Crippen molar-refractivity contribution in [2.24, 2.45) is 11.3 Å². The quantitative estimate of drug-likeness (QED) is 0.0960. The summed E-state index contributed by atoms with van der Waals surface area (Å²) in [6, 6.07) is 13.1. The first-order valence-electron chi connectivity index (χ1n) is 23.7. The highest BCUT2D eigenvalue weighted by atomic mass is 32.1. The van der Waals surface area contributed by atoms with Crippen LogP contribution in [0.25, 0.3) is 17.0 Å². The van der Waals surface area contributed by atoms with Crippen LogP contribution in [0.5, 0.6) is 0 Å². The van der Waals surface area contributed by atoms with E-state index in [0.29, 0.717) is 24.9 Å². The molecule has 0 amide bonds. The fourth-order valence-corrected chi connectivity index (χ4v) is 10.2. The van der Waals surface area contributed by atoms with Crippen molar-refractivity contribution < 1.29 is 4.74 Å². The van der Waals surface area contributed by atoms with Crippen molar-refractivity contribution in [2.75, 3.05) is 44.7 Å². The molecule has 0 aliphatic carbocycles. The van der Waals surface area contributed by atoms with Gasteiger partial charge in [-0.05, 0) is 107 Å². The smallest absolute Gasteiger partial charge is 0.106 e. The zero-order valence-corrected chi connectivity index (χ0v) is 41.7. The second-order valence-corrected chi connectivity index (χ2v) is 20.0. The van der Waals surface area contributed by atoms with Crippen LogP contribution in [0.15, 0.2) is 102 Å². The highest BCUT2D eigenvalue weighted by molar-refractivity contribution is 7.10. The van der Waals surface area contributed by atoms with Crippen LogP contribution in [-0.4, -0.2) is 76.7 Å². The molecule has 0 spiro atoms.